The Bertz CT molecular complexity index is 639. The molecule has 0 spiro atoms. The van der Waals surface area contributed by atoms with Gasteiger partial charge in [-0.2, -0.15) is 0 Å². The van der Waals surface area contributed by atoms with Crippen LogP contribution < -0.4 is 5.32 Å². The van der Waals surface area contributed by atoms with E-state index in [1.54, 1.807) is 19.1 Å². The molecule has 2 aromatic rings. The number of nitrogens with one attached hydrogen (secondary N) is 1. The molecule has 0 saturated carbocycles. The lowest BCUT2D eigenvalue weighted by Crippen LogP contribution is -2.06. The van der Waals surface area contributed by atoms with E-state index in [4.69, 9.17) is 0 Å². The molecule has 2 aromatic carbocycles. The summed E-state index contributed by atoms with van der Waals surface area (Å²) in [5.74, 6) is -1.03. The number of benzene rings is 2. The molecule has 0 fully saturated rings. The van der Waals surface area contributed by atoms with Crippen molar-refractivity contribution in [2.45, 2.75) is 13.5 Å². The maximum Gasteiger partial charge on any atom is 0.274 e. The Labute approximate surface area is 114 Å². The first kappa shape index (κ1) is 13.9. The molecular formula is C14H12F2N2O2. The van der Waals surface area contributed by atoms with Crippen LogP contribution in [0.4, 0.5) is 20.2 Å². The van der Waals surface area contributed by atoms with Crippen molar-refractivity contribution in [2.75, 3.05) is 5.32 Å². The highest BCUT2D eigenvalue weighted by Gasteiger charge is 2.15. The van der Waals surface area contributed by atoms with Gasteiger partial charge < -0.3 is 5.32 Å². The summed E-state index contributed by atoms with van der Waals surface area (Å²) < 4.78 is 26.8. The zero-order valence-corrected chi connectivity index (χ0v) is 10.7. The highest BCUT2D eigenvalue weighted by molar-refractivity contribution is 5.53. The Kier molecular flexibility index (Phi) is 3.93. The minimum absolute atomic E-state index is 0.0319. The number of aryl methyl sites for hydroxylation is 1. The third kappa shape index (κ3) is 2.90. The van der Waals surface area contributed by atoms with Gasteiger partial charge in [0.2, 0.25) is 0 Å². The first-order valence-electron chi connectivity index (χ1n) is 5.91. The van der Waals surface area contributed by atoms with Crippen molar-refractivity contribution in [3.8, 4) is 0 Å². The summed E-state index contributed by atoms with van der Waals surface area (Å²) in [5.41, 5.74) is 0.890. The summed E-state index contributed by atoms with van der Waals surface area (Å²) in [5, 5.41) is 13.6. The van der Waals surface area contributed by atoms with Crippen molar-refractivity contribution in [3.05, 3.63) is 69.3 Å². The van der Waals surface area contributed by atoms with E-state index in [0.29, 0.717) is 5.56 Å². The van der Waals surface area contributed by atoms with E-state index in [1.165, 1.54) is 6.07 Å². The topological polar surface area (TPSA) is 55.2 Å². The van der Waals surface area contributed by atoms with Crippen LogP contribution in [0.5, 0.6) is 0 Å². The average Bonchev–Trinajstić information content (AvgIpc) is 2.37. The zero-order chi connectivity index (χ0) is 14.7. The molecule has 0 atom stereocenters. The Morgan fingerprint density at radius 1 is 1.25 bits per heavy atom. The summed E-state index contributed by atoms with van der Waals surface area (Å²) in [6.45, 7) is 1.68. The third-order valence-corrected chi connectivity index (χ3v) is 2.92. The van der Waals surface area contributed by atoms with Crippen LogP contribution in [-0.4, -0.2) is 4.92 Å². The first-order valence-corrected chi connectivity index (χ1v) is 5.91. The molecule has 0 saturated heterocycles. The highest BCUT2D eigenvalue weighted by atomic mass is 19.1. The minimum Gasteiger partial charge on any atom is -0.378 e. The molecule has 0 amide bonds. The van der Waals surface area contributed by atoms with Crippen LogP contribution in [0.1, 0.15) is 11.1 Å². The van der Waals surface area contributed by atoms with Gasteiger partial charge in [-0.05, 0) is 30.7 Å². The van der Waals surface area contributed by atoms with Gasteiger partial charge in [0.05, 0.1) is 16.2 Å². The predicted octanol–water partition coefficient (Wildman–Crippen LogP) is 3.79. The van der Waals surface area contributed by atoms with Crippen LogP contribution in [0, 0.1) is 28.7 Å². The van der Waals surface area contributed by atoms with E-state index in [2.05, 4.69) is 5.32 Å². The fourth-order valence-electron chi connectivity index (χ4n) is 1.91. The van der Waals surface area contributed by atoms with Crippen molar-refractivity contribution in [1.29, 1.82) is 0 Å². The van der Waals surface area contributed by atoms with Crippen molar-refractivity contribution >= 4 is 11.4 Å². The average molecular weight is 278 g/mol. The number of halogens is 2. The third-order valence-electron chi connectivity index (χ3n) is 2.92. The van der Waals surface area contributed by atoms with E-state index >= 15 is 0 Å². The fourth-order valence-corrected chi connectivity index (χ4v) is 1.91. The van der Waals surface area contributed by atoms with Crippen molar-refractivity contribution in [1.82, 2.24) is 0 Å². The van der Waals surface area contributed by atoms with Gasteiger partial charge in [0.15, 0.2) is 0 Å². The van der Waals surface area contributed by atoms with Crippen LogP contribution in [0.2, 0.25) is 0 Å². The van der Waals surface area contributed by atoms with E-state index in [-0.39, 0.29) is 23.5 Å². The maximum absolute atomic E-state index is 13.6. The minimum atomic E-state index is -0.593. The largest absolute Gasteiger partial charge is 0.378 e. The van der Waals surface area contributed by atoms with Gasteiger partial charge in [0.25, 0.3) is 5.69 Å². The number of nitrogens with zero attached hydrogens (tertiary/aromatic N) is 1. The molecule has 4 nitrogen and oxygen atoms in total. The Hall–Kier alpha value is -2.50. The van der Waals surface area contributed by atoms with Gasteiger partial charge in [0.1, 0.15) is 11.6 Å². The Balaban J connectivity index is 2.27. The molecule has 0 aromatic heterocycles. The molecule has 0 aliphatic rings. The molecule has 0 radical (unpaired) electrons. The van der Waals surface area contributed by atoms with E-state index in [9.17, 15) is 18.9 Å². The Morgan fingerprint density at radius 2 is 2.00 bits per heavy atom. The zero-order valence-electron chi connectivity index (χ0n) is 10.7. The first-order chi connectivity index (χ1) is 9.49. The van der Waals surface area contributed by atoms with Gasteiger partial charge in [-0.1, -0.05) is 12.1 Å². The molecule has 0 heterocycles. The maximum atomic E-state index is 13.6. The summed E-state index contributed by atoms with van der Waals surface area (Å²) in [6, 6.07) is 7.76. The van der Waals surface area contributed by atoms with Crippen LogP contribution in [-0.2, 0) is 6.54 Å². The summed E-state index contributed by atoms with van der Waals surface area (Å²) >= 11 is 0. The van der Waals surface area contributed by atoms with Crippen LogP contribution >= 0.6 is 0 Å². The summed E-state index contributed by atoms with van der Waals surface area (Å²) in [4.78, 5) is 10.3. The summed E-state index contributed by atoms with van der Waals surface area (Å²) in [7, 11) is 0. The lowest BCUT2D eigenvalue weighted by molar-refractivity contribution is -0.385. The molecule has 0 aliphatic carbocycles. The SMILES string of the molecule is Cc1cccc(F)c1NCc1cc(F)ccc1[N+](=O)[O-]. The smallest absolute Gasteiger partial charge is 0.274 e. The number of hydrogen-bond acceptors (Lipinski definition) is 3. The van der Waals surface area contributed by atoms with Gasteiger partial charge in [0, 0.05) is 12.6 Å². The molecule has 20 heavy (non-hydrogen) atoms. The molecule has 104 valence electrons. The van der Waals surface area contributed by atoms with Gasteiger partial charge in [-0.15, -0.1) is 0 Å². The molecule has 0 bridgehead atoms. The number of rotatable bonds is 4. The monoisotopic (exact) mass is 278 g/mol. The number of nitro benzene ring substituents is 1. The number of para-hydroxylation sites is 1. The van der Waals surface area contributed by atoms with Gasteiger partial charge in [-0.3, -0.25) is 10.1 Å². The number of anilines is 1. The van der Waals surface area contributed by atoms with Crippen LogP contribution in [0.3, 0.4) is 0 Å². The quantitative estimate of drug-likeness (QED) is 0.683. The van der Waals surface area contributed by atoms with E-state index in [1.807, 2.05) is 0 Å². The second-order valence-electron chi connectivity index (χ2n) is 4.32. The predicted molar refractivity (Wildman–Crippen MR) is 71.5 cm³/mol. The Morgan fingerprint density at radius 3 is 2.65 bits per heavy atom. The molecule has 6 heteroatoms. The molecule has 0 aliphatic heterocycles. The summed E-state index contributed by atoms with van der Waals surface area (Å²) in [6.07, 6.45) is 0. The lowest BCUT2D eigenvalue weighted by atomic mass is 10.1. The fraction of sp³-hybridized carbons (Fsp3) is 0.143. The van der Waals surface area contributed by atoms with Crippen molar-refractivity contribution < 1.29 is 13.7 Å². The number of hydrogen-bond donors (Lipinski definition) is 1. The van der Waals surface area contributed by atoms with E-state index < -0.39 is 16.6 Å². The van der Waals surface area contributed by atoms with Crippen LogP contribution in [0.15, 0.2) is 36.4 Å². The van der Waals surface area contributed by atoms with Gasteiger partial charge >= 0.3 is 0 Å². The van der Waals surface area contributed by atoms with Crippen LogP contribution in [0.25, 0.3) is 0 Å². The van der Waals surface area contributed by atoms with E-state index in [0.717, 1.165) is 18.2 Å². The van der Waals surface area contributed by atoms with Gasteiger partial charge in [-0.25, -0.2) is 8.78 Å². The van der Waals surface area contributed by atoms with Crippen molar-refractivity contribution in [2.24, 2.45) is 0 Å². The molecule has 0 unspecified atom stereocenters. The standard InChI is InChI=1S/C14H12F2N2O2/c1-9-3-2-4-12(16)14(9)17-8-10-7-11(15)5-6-13(10)18(19)20/h2-7,17H,8H2,1H3. The van der Waals surface area contributed by atoms with Crippen molar-refractivity contribution in [3.63, 3.8) is 0 Å². The molecular weight excluding hydrogens is 266 g/mol. The molecule has 2 rings (SSSR count). The second kappa shape index (κ2) is 5.64. The second-order valence-corrected chi connectivity index (χ2v) is 4.32. The highest BCUT2D eigenvalue weighted by Crippen LogP contribution is 2.23. The number of nitro groups is 1. The molecule has 1 N–H and O–H groups in total. The normalized spacial score (nSPS) is 10.3. The lowest BCUT2D eigenvalue weighted by Gasteiger charge is -2.10.